The van der Waals surface area contributed by atoms with Gasteiger partial charge in [0.1, 0.15) is 17.3 Å². The number of benzene rings is 1. The van der Waals surface area contributed by atoms with E-state index < -0.39 is 11.6 Å². The molecular weight excluding hydrogens is 258 g/mol. The molecule has 1 heterocycles. The fourth-order valence-electron chi connectivity index (χ4n) is 3.02. The Kier molecular flexibility index (Phi) is 4.97. The van der Waals surface area contributed by atoms with Crippen LogP contribution in [0, 0.1) is 23.5 Å². The van der Waals surface area contributed by atoms with Crippen LogP contribution in [0.15, 0.2) is 12.1 Å². The summed E-state index contributed by atoms with van der Waals surface area (Å²) in [4.78, 5) is 1.85. The highest BCUT2D eigenvalue weighted by Crippen LogP contribution is 2.31. The van der Waals surface area contributed by atoms with Crippen LogP contribution in [0.3, 0.4) is 0 Å². The molecule has 0 spiro atoms. The molecule has 112 valence electrons. The first-order valence-corrected chi connectivity index (χ1v) is 7.40. The van der Waals surface area contributed by atoms with Crippen molar-refractivity contribution in [2.45, 2.75) is 33.2 Å². The second kappa shape index (κ2) is 6.53. The largest absolute Gasteiger partial charge is 0.367 e. The summed E-state index contributed by atoms with van der Waals surface area (Å²) in [5.74, 6) is 0.419. The lowest BCUT2D eigenvalue weighted by molar-refractivity contribution is 0.309. The van der Waals surface area contributed by atoms with Gasteiger partial charge in [-0.25, -0.2) is 8.78 Å². The van der Waals surface area contributed by atoms with Crippen molar-refractivity contribution in [1.29, 1.82) is 0 Å². The molecule has 0 saturated carbocycles. The molecule has 2 rings (SSSR count). The third kappa shape index (κ3) is 3.29. The van der Waals surface area contributed by atoms with Crippen molar-refractivity contribution in [3.8, 4) is 0 Å². The highest BCUT2D eigenvalue weighted by molar-refractivity contribution is 5.51. The van der Waals surface area contributed by atoms with Crippen LogP contribution < -0.4 is 10.2 Å². The average Bonchev–Trinajstić information content (AvgIpc) is 2.39. The fourth-order valence-corrected chi connectivity index (χ4v) is 3.02. The summed E-state index contributed by atoms with van der Waals surface area (Å²) in [6, 6.07) is 2.87. The maximum atomic E-state index is 14.2. The summed E-state index contributed by atoms with van der Waals surface area (Å²) >= 11 is 0. The van der Waals surface area contributed by atoms with Gasteiger partial charge >= 0.3 is 0 Å². The molecule has 2 nitrogen and oxygen atoms in total. The van der Waals surface area contributed by atoms with Crippen LogP contribution >= 0.6 is 0 Å². The Morgan fingerprint density at radius 1 is 1.20 bits per heavy atom. The lowest BCUT2D eigenvalue weighted by Gasteiger charge is -2.35. The number of rotatable bonds is 4. The maximum Gasteiger partial charge on any atom is 0.149 e. The second-order valence-corrected chi connectivity index (χ2v) is 6.01. The van der Waals surface area contributed by atoms with Crippen molar-refractivity contribution >= 4 is 5.69 Å². The molecular formula is C16H24F2N2. The number of hydrogen-bond donors (Lipinski definition) is 1. The van der Waals surface area contributed by atoms with Crippen molar-refractivity contribution in [2.75, 3.05) is 25.0 Å². The molecule has 0 amide bonds. The van der Waals surface area contributed by atoms with E-state index in [2.05, 4.69) is 19.2 Å². The molecule has 1 N–H and O–H groups in total. The molecule has 1 saturated heterocycles. The average molecular weight is 282 g/mol. The smallest absolute Gasteiger partial charge is 0.149 e. The Labute approximate surface area is 120 Å². The first kappa shape index (κ1) is 15.2. The van der Waals surface area contributed by atoms with E-state index >= 15 is 0 Å². The number of hydrogen-bond acceptors (Lipinski definition) is 2. The van der Waals surface area contributed by atoms with Crippen LogP contribution in [0.2, 0.25) is 0 Å². The van der Waals surface area contributed by atoms with Gasteiger partial charge in [0.05, 0.1) is 0 Å². The lowest BCUT2D eigenvalue weighted by Crippen LogP contribution is -2.36. The molecule has 4 heteroatoms. The minimum Gasteiger partial charge on any atom is -0.367 e. The van der Waals surface area contributed by atoms with Crippen molar-refractivity contribution in [3.05, 3.63) is 29.3 Å². The minimum absolute atomic E-state index is 0.145. The van der Waals surface area contributed by atoms with Crippen LogP contribution in [0.1, 0.15) is 32.3 Å². The van der Waals surface area contributed by atoms with Crippen LogP contribution in [0.25, 0.3) is 0 Å². The van der Waals surface area contributed by atoms with E-state index in [0.717, 1.165) is 25.9 Å². The molecule has 0 atom stereocenters. The molecule has 0 radical (unpaired) electrons. The monoisotopic (exact) mass is 282 g/mol. The summed E-state index contributed by atoms with van der Waals surface area (Å²) in [6.45, 7) is 6.38. The summed E-state index contributed by atoms with van der Waals surface area (Å²) < 4.78 is 28.3. The molecule has 0 unspecified atom stereocenters. The normalized spacial score (nSPS) is 17.0. The zero-order valence-corrected chi connectivity index (χ0v) is 12.5. The van der Waals surface area contributed by atoms with Crippen molar-refractivity contribution < 1.29 is 8.78 Å². The zero-order valence-electron chi connectivity index (χ0n) is 12.5. The van der Waals surface area contributed by atoms with Crippen LogP contribution in [0.4, 0.5) is 14.5 Å². The van der Waals surface area contributed by atoms with Gasteiger partial charge in [0, 0.05) is 19.6 Å². The Morgan fingerprint density at radius 2 is 1.75 bits per heavy atom. The number of anilines is 1. The molecule has 20 heavy (non-hydrogen) atoms. The van der Waals surface area contributed by atoms with Crippen molar-refractivity contribution in [2.24, 2.45) is 11.8 Å². The summed E-state index contributed by atoms with van der Waals surface area (Å²) in [7, 11) is 1.76. The first-order chi connectivity index (χ1) is 9.52. The van der Waals surface area contributed by atoms with Crippen LogP contribution in [0.5, 0.6) is 0 Å². The Balaban J connectivity index is 2.14. The quantitative estimate of drug-likeness (QED) is 0.908. The van der Waals surface area contributed by atoms with Gasteiger partial charge in [-0.2, -0.15) is 0 Å². The Morgan fingerprint density at radius 3 is 2.20 bits per heavy atom. The van der Waals surface area contributed by atoms with Crippen molar-refractivity contribution in [1.82, 2.24) is 5.32 Å². The second-order valence-electron chi connectivity index (χ2n) is 6.01. The zero-order chi connectivity index (χ0) is 14.7. The Bertz CT molecular complexity index is 429. The predicted molar refractivity (Wildman–Crippen MR) is 78.9 cm³/mol. The lowest BCUT2D eigenvalue weighted by atomic mass is 9.86. The van der Waals surface area contributed by atoms with Gasteiger partial charge in [0.25, 0.3) is 0 Å². The van der Waals surface area contributed by atoms with Gasteiger partial charge in [-0.3, -0.25) is 0 Å². The van der Waals surface area contributed by atoms with Crippen LogP contribution in [-0.2, 0) is 6.54 Å². The SMILES string of the molecule is CNCc1cc(F)c(N2CCC(C(C)C)CC2)c(F)c1. The maximum absolute atomic E-state index is 14.2. The van der Waals surface area contributed by atoms with E-state index in [0.29, 0.717) is 23.9 Å². The van der Waals surface area contributed by atoms with Crippen molar-refractivity contribution in [3.63, 3.8) is 0 Å². The highest BCUT2D eigenvalue weighted by Gasteiger charge is 2.25. The third-order valence-corrected chi connectivity index (χ3v) is 4.26. The van der Waals surface area contributed by atoms with Gasteiger partial charge in [-0.1, -0.05) is 13.8 Å². The van der Waals surface area contributed by atoms with E-state index in [1.54, 1.807) is 7.05 Å². The standard InChI is InChI=1S/C16H24F2N2/c1-11(2)13-4-6-20(7-5-13)16-14(17)8-12(10-19-3)9-15(16)18/h8-9,11,13,19H,4-7,10H2,1-3H3. The molecule has 1 aliphatic heterocycles. The molecule has 1 aromatic carbocycles. The molecule has 0 aromatic heterocycles. The number of nitrogens with zero attached hydrogens (tertiary/aromatic N) is 1. The van der Waals surface area contributed by atoms with Gasteiger partial charge in [0.15, 0.2) is 0 Å². The molecule has 1 fully saturated rings. The van der Waals surface area contributed by atoms with E-state index in [1.807, 2.05) is 4.90 Å². The fraction of sp³-hybridized carbons (Fsp3) is 0.625. The molecule has 0 aliphatic carbocycles. The topological polar surface area (TPSA) is 15.3 Å². The molecule has 1 aromatic rings. The number of halogens is 2. The van der Waals surface area contributed by atoms with Gasteiger partial charge in [-0.15, -0.1) is 0 Å². The van der Waals surface area contributed by atoms with Crippen LogP contribution in [-0.4, -0.2) is 20.1 Å². The van der Waals surface area contributed by atoms with E-state index in [4.69, 9.17) is 0 Å². The minimum atomic E-state index is -0.446. The summed E-state index contributed by atoms with van der Waals surface area (Å²) in [6.07, 6.45) is 2.02. The number of piperidine rings is 1. The number of nitrogens with one attached hydrogen (secondary N) is 1. The van der Waals surface area contributed by atoms with Gasteiger partial charge in [0.2, 0.25) is 0 Å². The summed E-state index contributed by atoms with van der Waals surface area (Å²) in [5, 5.41) is 2.91. The van der Waals surface area contributed by atoms with E-state index in [9.17, 15) is 8.78 Å². The third-order valence-electron chi connectivity index (χ3n) is 4.26. The van der Waals surface area contributed by atoms with Gasteiger partial charge in [-0.05, 0) is 49.4 Å². The summed E-state index contributed by atoms with van der Waals surface area (Å²) in [5.41, 5.74) is 0.787. The predicted octanol–water partition coefficient (Wildman–Crippen LogP) is 3.56. The van der Waals surface area contributed by atoms with E-state index in [-0.39, 0.29) is 5.69 Å². The first-order valence-electron chi connectivity index (χ1n) is 7.40. The van der Waals surface area contributed by atoms with E-state index in [1.165, 1.54) is 12.1 Å². The molecule has 0 bridgehead atoms. The van der Waals surface area contributed by atoms with Gasteiger partial charge < -0.3 is 10.2 Å². The Hall–Kier alpha value is -1.16. The highest BCUT2D eigenvalue weighted by atomic mass is 19.1. The molecule has 1 aliphatic rings.